The zero-order valence-electron chi connectivity index (χ0n) is 13.6. The van der Waals surface area contributed by atoms with Gasteiger partial charge in [0.1, 0.15) is 16.7 Å². The second-order valence-electron chi connectivity index (χ2n) is 6.00. The van der Waals surface area contributed by atoms with Gasteiger partial charge in [-0.3, -0.25) is 4.68 Å². The monoisotopic (exact) mass is 344 g/mol. The molecule has 4 rings (SSSR count). The van der Waals surface area contributed by atoms with Crippen molar-refractivity contribution >= 4 is 28.6 Å². The molecular formula is C15H20N8S. The number of aryl methyl sites for hydroxylation is 1. The van der Waals surface area contributed by atoms with Crippen LogP contribution < -0.4 is 5.32 Å². The van der Waals surface area contributed by atoms with Crippen LogP contribution in [-0.2, 0) is 7.05 Å². The van der Waals surface area contributed by atoms with Crippen LogP contribution in [0.4, 0.5) is 5.82 Å². The van der Waals surface area contributed by atoms with Gasteiger partial charge in [0.05, 0.1) is 17.8 Å². The number of aromatic amines is 1. The van der Waals surface area contributed by atoms with Crippen LogP contribution in [0.25, 0.3) is 11.0 Å². The Morgan fingerprint density at radius 1 is 1.29 bits per heavy atom. The Balaban J connectivity index is 1.51. The largest absolute Gasteiger partial charge is 0.369 e. The number of nitrogens with one attached hydrogen (secondary N) is 2. The molecule has 0 bridgehead atoms. The number of hydrogen-bond acceptors (Lipinski definition) is 7. The highest BCUT2D eigenvalue weighted by atomic mass is 32.2. The lowest BCUT2D eigenvalue weighted by atomic mass is 10.1. The molecule has 0 saturated heterocycles. The smallest absolute Gasteiger partial charge is 0.163 e. The third kappa shape index (κ3) is 3.08. The molecule has 9 heteroatoms. The van der Waals surface area contributed by atoms with Crippen LogP contribution in [0.2, 0.25) is 0 Å². The summed E-state index contributed by atoms with van der Waals surface area (Å²) in [7, 11) is 1.93. The van der Waals surface area contributed by atoms with Gasteiger partial charge in [0.2, 0.25) is 0 Å². The molecule has 24 heavy (non-hydrogen) atoms. The second kappa shape index (κ2) is 6.76. The first kappa shape index (κ1) is 15.4. The van der Waals surface area contributed by atoms with Gasteiger partial charge in [-0.15, -0.1) is 16.9 Å². The van der Waals surface area contributed by atoms with E-state index in [9.17, 15) is 0 Å². The number of rotatable bonds is 6. The lowest BCUT2D eigenvalue weighted by molar-refractivity contribution is 0.667. The first-order valence-corrected chi connectivity index (χ1v) is 9.22. The molecule has 0 spiro atoms. The van der Waals surface area contributed by atoms with Crippen LogP contribution in [0.5, 0.6) is 0 Å². The Labute approximate surface area is 143 Å². The summed E-state index contributed by atoms with van der Waals surface area (Å²) in [6, 6.07) is 0. The van der Waals surface area contributed by atoms with Gasteiger partial charge in [0.25, 0.3) is 0 Å². The molecule has 0 radical (unpaired) electrons. The van der Waals surface area contributed by atoms with E-state index in [1.807, 2.05) is 17.9 Å². The van der Waals surface area contributed by atoms with Crippen molar-refractivity contribution in [3.8, 4) is 0 Å². The highest BCUT2D eigenvalue weighted by Gasteiger charge is 2.22. The zero-order valence-corrected chi connectivity index (χ0v) is 14.4. The second-order valence-corrected chi connectivity index (χ2v) is 7.12. The molecule has 1 aliphatic rings. The molecular weight excluding hydrogens is 324 g/mol. The maximum atomic E-state index is 4.81. The summed E-state index contributed by atoms with van der Waals surface area (Å²) < 4.78 is 1.82. The number of anilines is 1. The standard InChI is InChI=1S/C15H20N8S/c1-23-15-11(8-18-23)14(16-6-7-24-12-9-17-22-21-12)19-13(20-15)10-4-2-3-5-10/h8-10H,2-7H2,1H3,(H,16,19,20)(H,17,21,22). The number of aromatic nitrogens is 7. The van der Waals surface area contributed by atoms with Crippen molar-refractivity contribution in [3.05, 3.63) is 18.2 Å². The van der Waals surface area contributed by atoms with Crippen LogP contribution in [0, 0.1) is 0 Å². The molecule has 2 N–H and O–H groups in total. The summed E-state index contributed by atoms with van der Waals surface area (Å²) in [6.07, 6.45) is 8.48. The highest BCUT2D eigenvalue weighted by Crippen LogP contribution is 2.34. The maximum Gasteiger partial charge on any atom is 0.163 e. The number of nitrogens with zero attached hydrogens (tertiary/aromatic N) is 6. The van der Waals surface area contributed by atoms with Crippen molar-refractivity contribution in [2.24, 2.45) is 7.05 Å². The number of fused-ring (bicyclic) bond motifs is 1. The molecule has 0 atom stereocenters. The average molecular weight is 344 g/mol. The lowest BCUT2D eigenvalue weighted by Crippen LogP contribution is -2.10. The third-order valence-electron chi connectivity index (χ3n) is 4.37. The van der Waals surface area contributed by atoms with E-state index in [-0.39, 0.29) is 0 Å². The molecule has 8 nitrogen and oxygen atoms in total. The predicted octanol–water partition coefficient (Wildman–Crippen LogP) is 2.34. The van der Waals surface area contributed by atoms with E-state index < -0.39 is 0 Å². The van der Waals surface area contributed by atoms with Crippen LogP contribution in [-0.4, -0.2) is 47.5 Å². The lowest BCUT2D eigenvalue weighted by Gasteiger charge is -2.12. The minimum atomic E-state index is 0.481. The molecule has 0 aliphatic heterocycles. The summed E-state index contributed by atoms with van der Waals surface area (Å²) in [5, 5.41) is 20.1. The van der Waals surface area contributed by atoms with Gasteiger partial charge in [0, 0.05) is 25.3 Å². The fourth-order valence-electron chi connectivity index (χ4n) is 3.13. The van der Waals surface area contributed by atoms with E-state index in [2.05, 4.69) is 25.8 Å². The van der Waals surface area contributed by atoms with E-state index in [0.29, 0.717) is 5.92 Å². The molecule has 3 aromatic heterocycles. The minimum Gasteiger partial charge on any atom is -0.369 e. The fraction of sp³-hybridized carbons (Fsp3) is 0.533. The molecule has 3 heterocycles. The Kier molecular flexibility index (Phi) is 4.33. The van der Waals surface area contributed by atoms with E-state index in [1.54, 1.807) is 18.0 Å². The van der Waals surface area contributed by atoms with Gasteiger partial charge in [-0.05, 0) is 12.8 Å². The predicted molar refractivity (Wildman–Crippen MR) is 93.1 cm³/mol. The number of H-pyrrole nitrogens is 1. The highest BCUT2D eigenvalue weighted by molar-refractivity contribution is 7.99. The van der Waals surface area contributed by atoms with Crippen molar-refractivity contribution < 1.29 is 0 Å². The average Bonchev–Trinajstić information content (AvgIpc) is 3.34. The molecule has 1 aliphatic carbocycles. The molecule has 126 valence electrons. The van der Waals surface area contributed by atoms with Crippen molar-refractivity contribution in [2.75, 3.05) is 17.6 Å². The molecule has 0 aromatic carbocycles. The fourth-order valence-corrected chi connectivity index (χ4v) is 3.77. The Hall–Kier alpha value is -2.16. The van der Waals surface area contributed by atoms with Gasteiger partial charge in [-0.2, -0.15) is 15.4 Å². The summed E-state index contributed by atoms with van der Waals surface area (Å²) in [6.45, 7) is 0.794. The first-order valence-electron chi connectivity index (χ1n) is 8.23. The van der Waals surface area contributed by atoms with Crippen molar-refractivity contribution in [1.82, 2.24) is 35.2 Å². The van der Waals surface area contributed by atoms with Crippen LogP contribution in [0.15, 0.2) is 17.4 Å². The van der Waals surface area contributed by atoms with Crippen LogP contribution >= 0.6 is 11.8 Å². The van der Waals surface area contributed by atoms with Gasteiger partial charge in [0.15, 0.2) is 5.65 Å². The third-order valence-corrected chi connectivity index (χ3v) is 5.27. The van der Waals surface area contributed by atoms with Gasteiger partial charge in [-0.25, -0.2) is 9.97 Å². The first-order chi connectivity index (χ1) is 11.8. The zero-order chi connectivity index (χ0) is 16.4. The van der Waals surface area contributed by atoms with E-state index in [4.69, 9.17) is 9.97 Å². The van der Waals surface area contributed by atoms with Gasteiger partial charge >= 0.3 is 0 Å². The normalized spacial score (nSPS) is 15.4. The van der Waals surface area contributed by atoms with Crippen LogP contribution in [0.1, 0.15) is 37.4 Å². The van der Waals surface area contributed by atoms with E-state index in [0.717, 1.165) is 40.0 Å². The number of thioether (sulfide) groups is 1. The Bertz CT molecular complexity index is 806. The summed E-state index contributed by atoms with van der Waals surface area (Å²) in [5.41, 5.74) is 0.901. The Morgan fingerprint density at radius 2 is 2.17 bits per heavy atom. The molecule has 0 amide bonds. The van der Waals surface area contributed by atoms with Crippen molar-refractivity contribution in [1.29, 1.82) is 0 Å². The minimum absolute atomic E-state index is 0.481. The van der Waals surface area contributed by atoms with Gasteiger partial charge < -0.3 is 5.32 Å². The number of hydrogen-bond donors (Lipinski definition) is 2. The van der Waals surface area contributed by atoms with E-state index >= 15 is 0 Å². The molecule has 0 unspecified atom stereocenters. The quantitative estimate of drug-likeness (QED) is 0.523. The van der Waals surface area contributed by atoms with Crippen molar-refractivity contribution in [3.63, 3.8) is 0 Å². The maximum absolute atomic E-state index is 4.81. The molecule has 1 saturated carbocycles. The summed E-state index contributed by atoms with van der Waals surface area (Å²) in [5.74, 6) is 3.21. The topological polar surface area (TPSA) is 97.2 Å². The Morgan fingerprint density at radius 3 is 2.96 bits per heavy atom. The summed E-state index contributed by atoms with van der Waals surface area (Å²) in [4.78, 5) is 9.58. The summed E-state index contributed by atoms with van der Waals surface area (Å²) >= 11 is 1.65. The SMILES string of the molecule is Cn1ncc2c(NCCSc3cn[nH]n3)nc(C3CCCC3)nc21. The molecule has 3 aromatic rings. The van der Waals surface area contributed by atoms with Crippen molar-refractivity contribution in [2.45, 2.75) is 36.6 Å². The van der Waals surface area contributed by atoms with Crippen LogP contribution in [0.3, 0.4) is 0 Å². The van der Waals surface area contributed by atoms with Gasteiger partial charge in [-0.1, -0.05) is 12.8 Å². The molecule has 1 fully saturated rings. The van der Waals surface area contributed by atoms with E-state index in [1.165, 1.54) is 25.7 Å².